The zero-order valence-corrected chi connectivity index (χ0v) is 19.2. The normalized spacial score (nSPS) is 21.2. The largest absolute Gasteiger partial charge is 0.334 e. The standard InChI is InChI=1S/C25H31N5O3/c1-3-10-21-24(32)28(16-20-13-8-5-9-14-20)17-22-29(21)23(31)18-27(2)30(22)25(33)26-15-19-11-6-4-7-12-19/h4-9,11-14,21-22H,3,10,15-18H2,1-2H3,(H,26,33)/t21-,22-/m0/s1. The first-order valence-electron chi connectivity index (χ1n) is 11.5. The Morgan fingerprint density at radius 1 is 1.00 bits per heavy atom. The molecule has 1 N–H and O–H groups in total. The lowest BCUT2D eigenvalue weighted by atomic mass is 10.0. The number of nitrogens with zero attached hydrogens (tertiary/aromatic N) is 4. The van der Waals surface area contributed by atoms with E-state index in [4.69, 9.17) is 0 Å². The Kier molecular flexibility index (Phi) is 6.93. The number of nitrogens with one attached hydrogen (secondary N) is 1. The lowest BCUT2D eigenvalue weighted by Gasteiger charge is -2.54. The molecule has 8 nitrogen and oxygen atoms in total. The average Bonchev–Trinajstić information content (AvgIpc) is 2.81. The van der Waals surface area contributed by atoms with Gasteiger partial charge < -0.3 is 15.1 Å². The van der Waals surface area contributed by atoms with E-state index >= 15 is 0 Å². The lowest BCUT2D eigenvalue weighted by molar-refractivity contribution is -0.188. The van der Waals surface area contributed by atoms with Crippen LogP contribution in [0.15, 0.2) is 60.7 Å². The fraction of sp³-hybridized carbons (Fsp3) is 0.400. The molecule has 2 heterocycles. The molecule has 2 atom stereocenters. The third kappa shape index (κ3) is 4.85. The molecule has 0 saturated carbocycles. The highest BCUT2D eigenvalue weighted by molar-refractivity contribution is 5.91. The van der Waals surface area contributed by atoms with Gasteiger partial charge in [-0.1, -0.05) is 74.0 Å². The molecular weight excluding hydrogens is 418 g/mol. The number of benzene rings is 2. The van der Waals surface area contributed by atoms with E-state index in [1.807, 2.05) is 67.6 Å². The number of carbonyl (C=O) groups excluding carboxylic acids is 3. The van der Waals surface area contributed by atoms with Crippen molar-refractivity contribution < 1.29 is 14.4 Å². The van der Waals surface area contributed by atoms with E-state index < -0.39 is 12.2 Å². The Bertz CT molecular complexity index is 984. The summed E-state index contributed by atoms with van der Waals surface area (Å²) in [6, 6.07) is 18.6. The van der Waals surface area contributed by atoms with Gasteiger partial charge in [0.1, 0.15) is 12.2 Å². The van der Waals surface area contributed by atoms with Crippen molar-refractivity contribution in [3.05, 3.63) is 71.8 Å². The molecule has 174 valence electrons. The molecule has 0 bridgehead atoms. The molecule has 0 aliphatic carbocycles. The number of hydrogen-bond donors (Lipinski definition) is 1. The van der Waals surface area contributed by atoms with Gasteiger partial charge in [-0.15, -0.1) is 0 Å². The Balaban J connectivity index is 1.59. The number of fused-ring (bicyclic) bond motifs is 1. The van der Waals surface area contributed by atoms with Crippen LogP contribution < -0.4 is 5.32 Å². The maximum atomic E-state index is 13.4. The molecule has 33 heavy (non-hydrogen) atoms. The van der Waals surface area contributed by atoms with Crippen molar-refractivity contribution in [2.24, 2.45) is 0 Å². The summed E-state index contributed by atoms with van der Waals surface area (Å²) in [5, 5.41) is 6.22. The van der Waals surface area contributed by atoms with Crippen LogP contribution >= 0.6 is 0 Å². The van der Waals surface area contributed by atoms with Crippen LogP contribution in [0.5, 0.6) is 0 Å². The first kappa shape index (κ1) is 22.8. The molecule has 2 aromatic carbocycles. The molecule has 2 aromatic rings. The molecule has 2 fully saturated rings. The number of carbonyl (C=O) groups is 3. The highest BCUT2D eigenvalue weighted by Crippen LogP contribution is 2.28. The Labute approximate surface area is 194 Å². The van der Waals surface area contributed by atoms with Crippen molar-refractivity contribution in [1.82, 2.24) is 25.1 Å². The molecule has 0 aromatic heterocycles. The minimum atomic E-state index is -0.567. The maximum Gasteiger partial charge on any atom is 0.334 e. The van der Waals surface area contributed by atoms with Gasteiger partial charge in [-0.25, -0.2) is 14.8 Å². The molecule has 0 radical (unpaired) electrons. The van der Waals surface area contributed by atoms with Gasteiger partial charge >= 0.3 is 6.03 Å². The molecule has 0 spiro atoms. The van der Waals surface area contributed by atoms with E-state index in [1.54, 1.807) is 26.9 Å². The van der Waals surface area contributed by atoms with Crippen LogP contribution in [0.1, 0.15) is 30.9 Å². The van der Waals surface area contributed by atoms with Gasteiger partial charge in [-0.05, 0) is 17.5 Å². The molecule has 4 amide bonds. The summed E-state index contributed by atoms with van der Waals surface area (Å²) in [5.41, 5.74) is 2.01. The fourth-order valence-electron chi connectivity index (χ4n) is 4.66. The fourth-order valence-corrected chi connectivity index (χ4v) is 4.66. The van der Waals surface area contributed by atoms with Crippen molar-refractivity contribution in [3.63, 3.8) is 0 Å². The summed E-state index contributed by atoms with van der Waals surface area (Å²) in [4.78, 5) is 43.1. The summed E-state index contributed by atoms with van der Waals surface area (Å²) in [6.07, 6.45) is 0.780. The van der Waals surface area contributed by atoms with E-state index in [1.165, 1.54) is 0 Å². The second-order valence-electron chi connectivity index (χ2n) is 8.60. The van der Waals surface area contributed by atoms with Crippen LogP contribution in [0.4, 0.5) is 4.79 Å². The second kappa shape index (κ2) is 10.0. The minimum Gasteiger partial charge on any atom is -0.333 e. The van der Waals surface area contributed by atoms with Gasteiger partial charge in [0.15, 0.2) is 0 Å². The van der Waals surface area contributed by atoms with E-state index in [2.05, 4.69) is 5.32 Å². The average molecular weight is 450 g/mol. The molecule has 4 rings (SSSR count). The van der Waals surface area contributed by atoms with Gasteiger partial charge in [0.2, 0.25) is 11.8 Å². The third-order valence-electron chi connectivity index (χ3n) is 6.21. The number of rotatable bonds is 6. The molecule has 2 aliphatic rings. The molecule has 8 heteroatoms. The van der Waals surface area contributed by atoms with E-state index in [-0.39, 0.29) is 30.9 Å². The highest BCUT2D eigenvalue weighted by atomic mass is 16.2. The quantitative estimate of drug-likeness (QED) is 0.735. The van der Waals surface area contributed by atoms with Gasteiger partial charge in [0, 0.05) is 20.1 Å². The zero-order valence-electron chi connectivity index (χ0n) is 19.2. The first-order chi connectivity index (χ1) is 16.0. The lowest BCUT2D eigenvalue weighted by Crippen LogP contribution is -2.75. The van der Waals surface area contributed by atoms with Gasteiger partial charge in [0.05, 0.1) is 13.1 Å². The Morgan fingerprint density at radius 3 is 2.27 bits per heavy atom. The van der Waals surface area contributed by atoms with Crippen molar-refractivity contribution in [2.75, 3.05) is 20.1 Å². The van der Waals surface area contributed by atoms with Crippen molar-refractivity contribution in [2.45, 2.75) is 45.1 Å². The van der Waals surface area contributed by atoms with E-state index in [0.29, 0.717) is 19.5 Å². The number of likely N-dealkylation sites (N-methyl/N-ethyl adjacent to an activating group) is 1. The van der Waals surface area contributed by atoms with E-state index in [9.17, 15) is 14.4 Å². The zero-order chi connectivity index (χ0) is 23.4. The number of piperazine rings is 1. The topological polar surface area (TPSA) is 76.2 Å². The van der Waals surface area contributed by atoms with Crippen LogP contribution in [0, 0.1) is 0 Å². The van der Waals surface area contributed by atoms with E-state index in [0.717, 1.165) is 17.5 Å². The monoisotopic (exact) mass is 449 g/mol. The van der Waals surface area contributed by atoms with Crippen LogP contribution in [0.2, 0.25) is 0 Å². The summed E-state index contributed by atoms with van der Waals surface area (Å²) >= 11 is 0. The number of hydrazine groups is 1. The predicted octanol–water partition coefficient (Wildman–Crippen LogP) is 2.42. The summed E-state index contributed by atoms with van der Waals surface area (Å²) in [5.74, 6) is -0.180. The highest BCUT2D eigenvalue weighted by Gasteiger charge is 2.50. The molecule has 2 aliphatic heterocycles. The molecule has 2 saturated heterocycles. The second-order valence-corrected chi connectivity index (χ2v) is 8.60. The van der Waals surface area contributed by atoms with Crippen LogP contribution in [0.3, 0.4) is 0 Å². The van der Waals surface area contributed by atoms with Gasteiger partial charge in [0.25, 0.3) is 0 Å². The first-order valence-corrected chi connectivity index (χ1v) is 11.5. The van der Waals surface area contributed by atoms with Gasteiger partial charge in [-0.3, -0.25) is 9.59 Å². The van der Waals surface area contributed by atoms with Crippen molar-refractivity contribution in [3.8, 4) is 0 Å². The predicted molar refractivity (Wildman–Crippen MR) is 124 cm³/mol. The smallest absolute Gasteiger partial charge is 0.333 e. The summed E-state index contributed by atoms with van der Waals surface area (Å²) in [7, 11) is 1.74. The minimum absolute atomic E-state index is 0.0560. The third-order valence-corrected chi connectivity index (χ3v) is 6.21. The van der Waals surface area contributed by atoms with Crippen LogP contribution in [-0.4, -0.2) is 70.0 Å². The Morgan fingerprint density at radius 2 is 1.64 bits per heavy atom. The molecule has 0 unspecified atom stereocenters. The molecular formula is C25H31N5O3. The van der Waals surface area contributed by atoms with Crippen molar-refractivity contribution in [1.29, 1.82) is 0 Å². The van der Waals surface area contributed by atoms with Gasteiger partial charge in [-0.2, -0.15) is 0 Å². The number of urea groups is 1. The summed E-state index contributed by atoms with van der Waals surface area (Å²) < 4.78 is 0. The SMILES string of the molecule is CCC[C@H]1C(=O)N(Cc2ccccc2)C[C@H]2N1C(=O)CN(C)N2C(=O)NCc1ccccc1. The number of hydrogen-bond acceptors (Lipinski definition) is 4. The Hall–Kier alpha value is -3.39. The van der Waals surface area contributed by atoms with Crippen LogP contribution in [-0.2, 0) is 22.7 Å². The van der Waals surface area contributed by atoms with Crippen molar-refractivity contribution >= 4 is 17.8 Å². The van der Waals surface area contributed by atoms with Crippen LogP contribution in [0.25, 0.3) is 0 Å². The number of amides is 4. The maximum absolute atomic E-state index is 13.4. The summed E-state index contributed by atoms with van der Waals surface area (Å²) in [6.45, 7) is 3.16.